The Morgan fingerprint density at radius 2 is 0.724 bits per heavy atom. The largest absolute Gasteiger partial charge is 0.310 e. The van der Waals surface area contributed by atoms with Gasteiger partial charge >= 0.3 is 0 Å². The van der Waals surface area contributed by atoms with Crippen LogP contribution in [0, 0.1) is 0 Å². The van der Waals surface area contributed by atoms with Crippen LogP contribution in [0.5, 0.6) is 0 Å². The third-order valence-electron chi connectivity index (χ3n) is 12.2. The predicted molar refractivity (Wildman–Crippen MR) is 245 cm³/mol. The molecule has 1 heterocycles. The SMILES string of the molecule is c1ccc(N(c2ccccc2)c2ccc3c(c2)C2(c4ccccc4-c4cc(N(c5ccccc5)c5ccc6c(c5)sc5ccccc56)ccc42)c2ccccc2-3)cc1. The van der Waals surface area contributed by atoms with E-state index in [1.165, 1.54) is 64.7 Å². The number of thiophene rings is 1. The molecule has 9 aromatic carbocycles. The zero-order valence-corrected chi connectivity index (χ0v) is 32.4. The van der Waals surface area contributed by atoms with E-state index >= 15 is 0 Å². The third-order valence-corrected chi connectivity index (χ3v) is 13.4. The van der Waals surface area contributed by atoms with Gasteiger partial charge in [-0.25, -0.2) is 0 Å². The highest BCUT2D eigenvalue weighted by molar-refractivity contribution is 7.25. The van der Waals surface area contributed by atoms with Crippen molar-refractivity contribution in [2.45, 2.75) is 5.41 Å². The summed E-state index contributed by atoms with van der Waals surface area (Å²) in [6.45, 7) is 0. The molecule has 12 rings (SSSR count). The maximum Gasteiger partial charge on any atom is 0.0726 e. The number of nitrogens with zero attached hydrogens (tertiary/aromatic N) is 2. The molecule has 0 bridgehead atoms. The van der Waals surface area contributed by atoms with E-state index in [0.29, 0.717) is 0 Å². The summed E-state index contributed by atoms with van der Waals surface area (Å²) in [5.41, 5.74) is 16.8. The van der Waals surface area contributed by atoms with Gasteiger partial charge in [-0.15, -0.1) is 11.3 Å². The first kappa shape index (κ1) is 33.0. The Morgan fingerprint density at radius 3 is 1.40 bits per heavy atom. The van der Waals surface area contributed by atoms with E-state index in [1.807, 2.05) is 11.3 Å². The minimum absolute atomic E-state index is 0.487. The molecule has 1 aromatic heterocycles. The lowest BCUT2D eigenvalue weighted by molar-refractivity contribution is 0.793. The molecule has 272 valence electrons. The van der Waals surface area contributed by atoms with Gasteiger partial charge in [0.1, 0.15) is 0 Å². The van der Waals surface area contributed by atoms with E-state index in [1.54, 1.807) is 0 Å². The van der Waals surface area contributed by atoms with Crippen molar-refractivity contribution in [2.75, 3.05) is 9.80 Å². The Labute approximate surface area is 342 Å². The van der Waals surface area contributed by atoms with Gasteiger partial charge in [-0.3, -0.25) is 0 Å². The first-order valence-corrected chi connectivity index (χ1v) is 20.7. The van der Waals surface area contributed by atoms with Crippen LogP contribution in [0.4, 0.5) is 34.1 Å². The van der Waals surface area contributed by atoms with E-state index in [4.69, 9.17) is 0 Å². The van der Waals surface area contributed by atoms with Crippen molar-refractivity contribution >= 4 is 65.6 Å². The highest BCUT2D eigenvalue weighted by atomic mass is 32.1. The minimum Gasteiger partial charge on any atom is -0.310 e. The maximum absolute atomic E-state index is 2.46. The molecule has 2 aliphatic carbocycles. The molecule has 58 heavy (non-hydrogen) atoms. The summed E-state index contributed by atoms with van der Waals surface area (Å²) >= 11 is 1.86. The third kappa shape index (κ3) is 4.78. The highest BCUT2D eigenvalue weighted by Gasteiger charge is 2.52. The summed E-state index contributed by atoms with van der Waals surface area (Å²) in [5.74, 6) is 0. The van der Waals surface area contributed by atoms with Crippen LogP contribution in [-0.2, 0) is 5.41 Å². The fourth-order valence-electron chi connectivity index (χ4n) is 9.88. The predicted octanol–water partition coefficient (Wildman–Crippen LogP) is 15.3. The van der Waals surface area contributed by atoms with Crippen LogP contribution < -0.4 is 9.80 Å². The van der Waals surface area contributed by atoms with Gasteiger partial charge in [-0.05, 0) is 123 Å². The molecular weight excluding hydrogens is 721 g/mol. The van der Waals surface area contributed by atoms with Crippen LogP contribution in [0.2, 0.25) is 0 Å². The maximum atomic E-state index is 2.46. The molecule has 0 aliphatic heterocycles. The molecule has 2 aliphatic rings. The summed E-state index contributed by atoms with van der Waals surface area (Å²) in [7, 11) is 0. The molecule has 0 saturated carbocycles. The van der Waals surface area contributed by atoms with Gasteiger partial charge in [0.25, 0.3) is 0 Å². The molecule has 0 amide bonds. The summed E-state index contributed by atoms with van der Waals surface area (Å²) in [4.78, 5) is 4.80. The first-order valence-electron chi connectivity index (χ1n) is 19.9. The second-order valence-electron chi connectivity index (χ2n) is 15.3. The van der Waals surface area contributed by atoms with Gasteiger partial charge in [0, 0.05) is 54.3 Å². The normalized spacial score (nSPS) is 14.6. The number of hydrogen-bond donors (Lipinski definition) is 0. The van der Waals surface area contributed by atoms with Gasteiger partial charge in [0.15, 0.2) is 0 Å². The number of anilines is 6. The second kappa shape index (κ2) is 12.9. The zero-order chi connectivity index (χ0) is 38.2. The molecule has 0 fully saturated rings. The fraction of sp³-hybridized carbons (Fsp3) is 0.0182. The Hall–Kier alpha value is -7.20. The topological polar surface area (TPSA) is 6.48 Å². The monoisotopic (exact) mass is 756 g/mol. The fourth-order valence-corrected chi connectivity index (χ4v) is 11.0. The molecule has 0 N–H and O–H groups in total. The molecular formula is C55H36N2S. The smallest absolute Gasteiger partial charge is 0.0726 e. The number of fused-ring (bicyclic) bond motifs is 13. The Balaban J connectivity index is 1.08. The van der Waals surface area contributed by atoms with Crippen molar-refractivity contribution in [3.05, 3.63) is 241 Å². The van der Waals surface area contributed by atoms with E-state index < -0.39 is 5.41 Å². The van der Waals surface area contributed by atoms with Gasteiger partial charge in [-0.1, -0.05) is 140 Å². The van der Waals surface area contributed by atoms with Crippen LogP contribution in [-0.4, -0.2) is 0 Å². The van der Waals surface area contributed by atoms with E-state index in [2.05, 4.69) is 228 Å². The van der Waals surface area contributed by atoms with Crippen LogP contribution in [0.15, 0.2) is 218 Å². The summed E-state index contributed by atoms with van der Waals surface area (Å²) in [6.07, 6.45) is 0. The van der Waals surface area contributed by atoms with Crippen molar-refractivity contribution in [2.24, 2.45) is 0 Å². The molecule has 10 aromatic rings. The first-order chi connectivity index (χ1) is 28.8. The van der Waals surface area contributed by atoms with Gasteiger partial charge in [0.2, 0.25) is 0 Å². The standard InChI is InChI=1S/C55H36N2S/c1-4-16-37(17-5-1)56(38-18-6-2-7-19-38)41-28-31-45-43-22-10-13-25-49(43)55(52(45)35-41)50-26-14-11-23-44(50)48-34-40(30-33-51(48)55)57(39-20-8-3-9-21-39)42-29-32-47-46-24-12-15-27-53(46)58-54(47)36-42/h1-36H. The molecule has 3 heteroatoms. The van der Waals surface area contributed by atoms with Crippen LogP contribution in [0.25, 0.3) is 42.4 Å². The average molecular weight is 757 g/mol. The van der Waals surface area contributed by atoms with Crippen LogP contribution >= 0.6 is 11.3 Å². The number of para-hydroxylation sites is 3. The lowest BCUT2D eigenvalue weighted by Crippen LogP contribution is -2.26. The summed E-state index contributed by atoms with van der Waals surface area (Å²) in [5, 5.41) is 2.62. The lowest BCUT2D eigenvalue weighted by atomic mass is 9.70. The van der Waals surface area contributed by atoms with E-state index in [-0.39, 0.29) is 0 Å². The van der Waals surface area contributed by atoms with Crippen molar-refractivity contribution in [1.82, 2.24) is 0 Å². The Morgan fingerprint density at radius 1 is 0.276 bits per heavy atom. The molecule has 1 unspecified atom stereocenters. The zero-order valence-electron chi connectivity index (χ0n) is 31.6. The number of hydrogen-bond acceptors (Lipinski definition) is 3. The molecule has 2 nitrogen and oxygen atoms in total. The average Bonchev–Trinajstić information content (AvgIpc) is 3.91. The molecule has 1 atom stereocenters. The Kier molecular flexibility index (Phi) is 7.35. The quantitative estimate of drug-likeness (QED) is 0.167. The number of benzene rings is 9. The molecule has 0 saturated heterocycles. The van der Waals surface area contributed by atoms with Gasteiger partial charge < -0.3 is 9.80 Å². The molecule has 0 radical (unpaired) electrons. The van der Waals surface area contributed by atoms with Crippen molar-refractivity contribution < 1.29 is 0 Å². The summed E-state index contributed by atoms with van der Waals surface area (Å²) < 4.78 is 2.61. The van der Waals surface area contributed by atoms with Crippen LogP contribution in [0.1, 0.15) is 22.3 Å². The van der Waals surface area contributed by atoms with Crippen molar-refractivity contribution in [1.29, 1.82) is 0 Å². The van der Waals surface area contributed by atoms with Gasteiger partial charge in [0.05, 0.1) is 5.41 Å². The lowest BCUT2D eigenvalue weighted by Gasteiger charge is -2.32. The van der Waals surface area contributed by atoms with Crippen LogP contribution in [0.3, 0.4) is 0 Å². The highest BCUT2D eigenvalue weighted by Crippen LogP contribution is 2.64. The van der Waals surface area contributed by atoms with Crippen molar-refractivity contribution in [3.8, 4) is 22.3 Å². The van der Waals surface area contributed by atoms with E-state index in [0.717, 1.165) is 34.1 Å². The Bertz CT molecular complexity index is 3150. The van der Waals surface area contributed by atoms with E-state index in [9.17, 15) is 0 Å². The van der Waals surface area contributed by atoms with Crippen molar-refractivity contribution in [3.63, 3.8) is 0 Å². The molecule has 1 spiro atoms. The van der Waals surface area contributed by atoms with Gasteiger partial charge in [-0.2, -0.15) is 0 Å². The second-order valence-corrected chi connectivity index (χ2v) is 16.3. The minimum atomic E-state index is -0.487. The number of rotatable bonds is 6. The summed E-state index contributed by atoms with van der Waals surface area (Å²) in [6, 6.07) is 80.4.